The van der Waals surface area contributed by atoms with Gasteiger partial charge in [0.25, 0.3) is 0 Å². The molecule has 25 heavy (non-hydrogen) atoms. The van der Waals surface area contributed by atoms with Gasteiger partial charge in [-0.2, -0.15) is 0 Å². The Balaban J connectivity index is 1.55. The van der Waals surface area contributed by atoms with Crippen LogP contribution in [0.2, 0.25) is 0 Å². The van der Waals surface area contributed by atoms with Crippen molar-refractivity contribution in [3.8, 4) is 0 Å². The normalized spacial score (nSPS) is 25.9. The molecule has 138 valence electrons. The van der Waals surface area contributed by atoms with Crippen LogP contribution in [0.15, 0.2) is 12.4 Å². The van der Waals surface area contributed by atoms with Crippen molar-refractivity contribution in [2.75, 3.05) is 36.5 Å². The Labute approximate surface area is 147 Å². The molecule has 1 saturated carbocycles. The van der Waals surface area contributed by atoms with Crippen LogP contribution < -0.4 is 10.2 Å². The van der Waals surface area contributed by atoms with Gasteiger partial charge in [-0.25, -0.2) is 9.97 Å². The first-order valence-corrected chi connectivity index (χ1v) is 9.02. The highest BCUT2D eigenvalue weighted by molar-refractivity contribution is 5.69. The van der Waals surface area contributed by atoms with E-state index in [1.165, 1.54) is 0 Å². The maximum atomic E-state index is 10.9. The molecule has 0 amide bonds. The molecule has 3 N–H and O–H groups in total. The molecule has 8 nitrogen and oxygen atoms in total. The third-order valence-corrected chi connectivity index (χ3v) is 5.26. The van der Waals surface area contributed by atoms with E-state index in [1.807, 2.05) is 17.9 Å². The Morgan fingerprint density at radius 2 is 2.24 bits per heavy atom. The lowest BCUT2D eigenvalue weighted by atomic mass is 9.85. The average Bonchev–Trinajstić information content (AvgIpc) is 3.04. The molecule has 0 aromatic carbocycles. The molecule has 1 aromatic heterocycles. The highest BCUT2D eigenvalue weighted by Crippen LogP contribution is 2.29. The van der Waals surface area contributed by atoms with Crippen LogP contribution in [0.1, 0.15) is 32.6 Å². The second-order valence-corrected chi connectivity index (χ2v) is 6.86. The number of aliphatic hydroxyl groups excluding tert-OH is 1. The van der Waals surface area contributed by atoms with Gasteiger partial charge in [-0.3, -0.25) is 9.69 Å². The SMILES string of the molecule is CCN(CC(=O)O)C1CC(Nc2cc(N3CCCC3CO)ncn2)C1. The van der Waals surface area contributed by atoms with Crippen LogP contribution in [0.25, 0.3) is 0 Å². The molecule has 2 fully saturated rings. The van der Waals surface area contributed by atoms with Gasteiger partial charge in [0.2, 0.25) is 0 Å². The number of likely N-dealkylation sites (N-methyl/N-ethyl adjacent to an activating group) is 1. The van der Waals surface area contributed by atoms with Crippen LogP contribution in [-0.2, 0) is 4.79 Å². The maximum absolute atomic E-state index is 10.9. The summed E-state index contributed by atoms with van der Waals surface area (Å²) in [5.74, 6) is 0.868. The fourth-order valence-electron chi connectivity index (χ4n) is 3.80. The van der Waals surface area contributed by atoms with Crippen LogP contribution in [0, 0.1) is 0 Å². The summed E-state index contributed by atoms with van der Waals surface area (Å²) in [6.07, 6.45) is 5.46. The van der Waals surface area contributed by atoms with Crippen LogP contribution >= 0.6 is 0 Å². The van der Waals surface area contributed by atoms with E-state index < -0.39 is 5.97 Å². The summed E-state index contributed by atoms with van der Waals surface area (Å²) in [5.41, 5.74) is 0. The zero-order valence-electron chi connectivity index (χ0n) is 14.6. The quantitative estimate of drug-likeness (QED) is 0.633. The van der Waals surface area contributed by atoms with Gasteiger partial charge in [0, 0.05) is 24.7 Å². The topological polar surface area (TPSA) is 102 Å². The summed E-state index contributed by atoms with van der Waals surface area (Å²) in [7, 11) is 0. The number of aromatic nitrogens is 2. The van der Waals surface area contributed by atoms with Gasteiger partial charge in [0.05, 0.1) is 19.2 Å². The summed E-state index contributed by atoms with van der Waals surface area (Å²) < 4.78 is 0. The van der Waals surface area contributed by atoms with Gasteiger partial charge in [-0.05, 0) is 32.2 Å². The van der Waals surface area contributed by atoms with Gasteiger partial charge in [0.15, 0.2) is 0 Å². The Morgan fingerprint density at radius 3 is 2.92 bits per heavy atom. The molecule has 1 aromatic rings. The Kier molecular flexibility index (Phi) is 5.70. The van der Waals surface area contributed by atoms with E-state index in [9.17, 15) is 9.90 Å². The van der Waals surface area contributed by atoms with Crippen molar-refractivity contribution < 1.29 is 15.0 Å². The summed E-state index contributed by atoms with van der Waals surface area (Å²) >= 11 is 0. The molecular formula is C17H27N5O3. The molecule has 3 rings (SSSR count). The lowest BCUT2D eigenvalue weighted by Crippen LogP contribution is -2.51. The number of aliphatic carboxylic acids is 1. The standard InChI is InChI=1S/C17H27N5O3/c1-2-21(9-17(24)25)14-6-12(7-14)20-15-8-16(19-11-18-15)22-5-3-4-13(22)10-23/h8,11-14,23H,2-7,9-10H2,1H3,(H,24,25)(H,18,19,20). The molecule has 1 aliphatic heterocycles. The lowest BCUT2D eigenvalue weighted by molar-refractivity contribution is -0.139. The minimum absolute atomic E-state index is 0.100. The average molecular weight is 349 g/mol. The van der Waals surface area contributed by atoms with Crippen molar-refractivity contribution in [3.05, 3.63) is 12.4 Å². The molecule has 0 bridgehead atoms. The van der Waals surface area contributed by atoms with E-state index in [2.05, 4.69) is 20.2 Å². The number of carboxylic acid groups (broad SMARTS) is 1. The van der Waals surface area contributed by atoms with Gasteiger partial charge < -0.3 is 20.4 Å². The van der Waals surface area contributed by atoms with Gasteiger partial charge in [-0.1, -0.05) is 6.92 Å². The van der Waals surface area contributed by atoms with Gasteiger partial charge in [0.1, 0.15) is 18.0 Å². The number of hydrogen-bond acceptors (Lipinski definition) is 7. The zero-order valence-corrected chi connectivity index (χ0v) is 14.6. The van der Waals surface area contributed by atoms with E-state index in [0.717, 1.165) is 50.4 Å². The fourth-order valence-corrected chi connectivity index (χ4v) is 3.80. The number of aliphatic hydroxyl groups is 1. The van der Waals surface area contributed by atoms with Crippen molar-refractivity contribution in [3.63, 3.8) is 0 Å². The van der Waals surface area contributed by atoms with Crippen LogP contribution in [0.3, 0.4) is 0 Å². The summed E-state index contributed by atoms with van der Waals surface area (Å²) in [4.78, 5) is 23.7. The van der Waals surface area contributed by atoms with Crippen molar-refractivity contribution in [2.24, 2.45) is 0 Å². The smallest absolute Gasteiger partial charge is 0.317 e. The molecule has 8 heteroatoms. The largest absolute Gasteiger partial charge is 0.480 e. The number of rotatable bonds is 8. The number of nitrogens with one attached hydrogen (secondary N) is 1. The molecule has 1 aliphatic carbocycles. The third-order valence-electron chi connectivity index (χ3n) is 5.26. The first kappa shape index (κ1) is 17.9. The Morgan fingerprint density at radius 1 is 1.44 bits per heavy atom. The second-order valence-electron chi connectivity index (χ2n) is 6.86. The minimum atomic E-state index is -0.775. The van der Waals surface area contributed by atoms with Crippen molar-refractivity contribution in [1.82, 2.24) is 14.9 Å². The number of carbonyl (C=O) groups is 1. The first-order valence-electron chi connectivity index (χ1n) is 9.02. The third kappa shape index (κ3) is 4.19. The first-order chi connectivity index (χ1) is 12.1. The van der Waals surface area contributed by atoms with Crippen molar-refractivity contribution in [2.45, 2.75) is 50.7 Å². The highest BCUT2D eigenvalue weighted by atomic mass is 16.4. The fraction of sp³-hybridized carbons (Fsp3) is 0.706. The van der Waals surface area contributed by atoms with E-state index in [4.69, 9.17) is 5.11 Å². The lowest BCUT2D eigenvalue weighted by Gasteiger charge is -2.42. The number of nitrogens with zero attached hydrogens (tertiary/aromatic N) is 4. The molecule has 1 unspecified atom stereocenters. The molecule has 2 heterocycles. The number of carboxylic acids is 1. The Bertz CT molecular complexity index is 593. The van der Waals surface area contributed by atoms with Crippen molar-refractivity contribution in [1.29, 1.82) is 0 Å². The van der Waals surface area contributed by atoms with Gasteiger partial charge in [-0.15, -0.1) is 0 Å². The zero-order chi connectivity index (χ0) is 17.8. The number of hydrogen-bond donors (Lipinski definition) is 3. The summed E-state index contributed by atoms with van der Waals surface area (Å²) in [6.45, 7) is 3.90. The molecule has 2 aliphatic rings. The molecule has 1 saturated heterocycles. The maximum Gasteiger partial charge on any atom is 0.317 e. The molecular weight excluding hydrogens is 322 g/mol. The Hall–Kier alpha value is -1.93. The van der Waals surface area contributed by atoms with E-state index >= 15 is 0 Å². The minimum Gasteiger partial charge on any atom is -0.480 e. The van der Waals surface area contributed by atoms with E-state index in [0.29, 0.717) is 12.1 Å². The van der Waals surface area contributed by atoms with E-state index in [-0.39, 0.29) is 19.2 Å². The monoisotopic (exact) mass is 349 g/mol. The van der Waals surface area contributed by atoms with E-state index in [1.54, 1.807) is 6.33 Å². The van der Waals surface area contributed by atoms with Crippen LogP contribution in [0.5, 0.6) is 0 Å². The second kappa shape index (κ2) is 7.97. The summed E-state index contributed by atoms with van der Waals surface area (Å²) in [5, 5.41) is 21.9. The predicted molar refractivity (Wildman–Crippen MR) is 94.8 cm³/mol. The molecule has 1 atom stereocenters. The predicted octanol–water partition coefficient (Wildman–Crippen LogP) is 0.787. The molecule has 0 spiro atoms. The van der Waals surface area contributed by atoms with Crippen LogP contribution in [0.4, 0.5) is 11.6 Å². The number of anilines is 2. The van der Waals surface area contributed by atoms with Crippen molar-refractivity contribution >= 4 is 17.6 Å². The van der Waals surface area contributed by atoms with Gasteiger partial charge >= 0.3 is 5.97 Å². The highest BCUT2D eigenvalue weighted by Gasteiger charge is 2.34. The summed E-state index contributed by atoms with van der Waals surface area (Å²) in [6, 6.07) is 2.71. The van der Waals surface area contributed by atoms with Crippen LogP contribution in [-0.4, -0.2) is 75.4 Å². The molecule has 0 radical (unpaired) electrons.